The molecule has 1 heterocycles. The molecule has 24 heavy (non-hydrogen) atoms. The highest BCUT2D eigenvalue weighted by Crippen LogP contribution is 2.08. The van der Waals surface area contributed by atoms with Crippen LogP contribution in [0.2, 0.25) is 0 Å². The molecule has 0 spiro atoms. The van der Waals surface area contributed by atoms with Gasteiger partial charge in [0.05, 0.1) is 0 Å². The highest BCUT2D eigenvalue weighted by Gasteiger charge is 1.97. The molecule has 0 bridgehead atoms. The van der Waals surface area contributed by atoms with Crippen LogP contribution in [-0.4, -0.2) is 0 Å². The van der Waals surface area contributed by atoms with Crippen molar-refractivity contribution in [1.29, 1.82) is 0 Å². The van der Waals surface area contributed by atoms with Gasteiger partial charge in [-0.25, -0.2) is 4.57 Å². The van der Waals surface area contributed by atoms with Gasteiger partial charge < -0.3 is 0 Å². The number of rotatable bonds is 15. The summed E-state index contributed by atoms with van der Waals surface area (Å²) in [5.74, 6) is 0. The standard InChI is InChI=1S/C23H38N/c1-2-3-4-5-6-7-8-9-10-11-12-13-14-15-16-18-21-24-22-19-17-20-23-24/h6-7,9-10,17,19-20,22-23H,2-5,8,11-16,18,21H2,1H3/q+1/b7-6-,10-9-. The Balaban J connectivity index is 1.81. The second-order valence-corrected chi connectivity index (χ2v) is 6.70. The minimum Gasteiger partial charge on any atom is -0.205 e. The lowest BCUT2D eigenvalue weighted by atomic mass is 10.1. The summed E-state index contributed by atoms with van der Waals surface area (Å²) in [6.07, 6.45) is 29.5. The molecule has 1 aromatic rings. The van der Waals surface area contributed by atoms with E-state index in [1.165, 1.54) is 70.6 Å². The van der Waals surface area contributed by atoms with Crippen molar-refractivity contribution in [2.45, 2.75) is 90.5 Å². The molecule has 0 atom stereocenters. The SMILES string of the molecule is CCCCC/C=C\C/C=C\CCCCCCCC[n+]1ccccc1. The normalized spacial score (nSPS) is 11.7. The van der Waals surface area contributed by atoms with Gasteiger partial charge >= 0.3 is 0 Å². The van der Waals surface area contributed by atoms with Crippen molar-refractivity contribution < 1.29 is 4.57 Å². The Bertz CT molecular complexity index is 419. The van der Waals surface area contributed by atoms with Crippen LogP contribution >= 0.6 is 0 Å². The van der Waals surface area contributed by atoms with Crippen LogP contribution in [0.1, 0.15) is 84.0 Å². The first-order valence-electron chi connectivity index (χ1n) is 10.2. The zero-order valence-electron chi connectivity index (χ0n) is 15.8. The Morgan fingerprint density at radius 1 is 0.625 bits per heavy atom. The molecule has 0 saturated heterocycles. The molecule has 0 unspecified atom stereocenters. The quantitative estimate of drug-likeness (QED) is 0.190. The maximum absolute atomic E-state index is 2.36. The summed E-state index contributed by atoms with van der Waals surface area (Å²) in [6.45, 7) is 3.42. The Morgan fingerprint density at radius 2 is 1.21 bits per heavy atom. The van der Waals surface area contributed by atoms with E-state index in [2.05, 4.69) is 66.4 Å². The summed E-state index contributed by atoms with van der Waals surface area (Å²) in [5.41, 5.74) is 0. The van der Waals surface area contributed by atoms with Gasteiger partial charge in [0.2, 0.25) is 0 Å². The molecule has 0 saturated carbocycles. The van der Waals surface area contributed by atoms with Gasteiger partial charge in [-0.15, -0.1) is 0 Å². The molecular formula is C23H38N+. The summed E-state index contributed by atoms with van der Waals surface area (Å²) in [7, 11) is 0. The largest absolute Gasteiger partial charge is 0.205 e. The molecule has 0 amide bonds. The fourth-order valence-electron chi connectivity index (χ4n) is 2.87. The summed E-state index contributed by atoms with van der Waals surface area (Å²) >= 11 is 0. The maximum atomic E-state index is 2.36. The van der Waals surface area contributed by atoms with E-state index in [-0.39, 0.29) is 0 Å². The lowest BCUT2D eigenvalue weighted by molar-refractivity contribution is -0.697. The van der Waals surface area contributed by atoms with Gasteiger partial charge in [0.25, 0.3) is 0 Å². The van der Waals surface area contributed by atoms with Gasteiger partial charge in [-0.1, -0.05) is 69.4 Å². The number of hydrogen-bond donors (Lipinski definition) is 0. The minimum absolute atomic E-state index is 1.11. The van der Waals surface area contributed by atoms with Gasteiger partial charge in [-0.05, 0) is 38.5 Å². The topological polar surface area (TPSA) is 3.88 Å². The van der Waals surface area contributed by atoms with Gasteiger partial charge in [-0.3, -0.25) is 0 Å². The monoisotopic (exact) mass is 328 g/mol. The second-order valence-electron chi connectivity index (χ2n) is 6.70. The smallest absolute Gasteiger partial charge is 0.168 e. The number of pyridine rings is 1. The zero-order valence-corrected chi connectivity index (χ0v) is 15.8. The highest BCUT2D eigenvalue weighted by molar-refractivity contribution is 4.92. The maximum Gasteiger partial charge on any atom is 0.168 e. The van der Waals surface area contributed by atoms with E-state index in [9.17, 15) is 0 Å². The van der Waals surface area contributed by atoms with Crippen molar-refractivity contribution in [3.8, 4) is 0 Å². The number of aryl methyl sites for hydroxylation is 1. The third-order valence-electron chi connectivity index (χ3n) is 4.39. The number of hydrogen-bond acceptors (Lipinski definition) is 0. The Kier molecular flexibility index (Phi) is 14.2. The molecule has 0 N–H and O–H groups in total. The first kappa shape index (κ1) is 20.7. The van der Waals surface area contributed by atoms with Gasteiger partial charge in [0.15, 0.2) is 12.4 Å². The Labute approximate surface area is 150 Å². The van der Waals surface area contributed by atoms with Gasteiger partial charge in [-0.2, -0.15) is 0 Å². The van der Waals surface area contributed by atoms with Crippen LogP contribution in [0.4, 0.5) is 0 Å². The van der Waals surface area contributed by atoms with E-state index >= 15 is 0 Å². The van der Waals surface area contributed by atoms with Crippen LogP contribution in [0.15, 0.2) is 54.9 Å². The first-order valence-corrected chi connectivity index (χ1v) is 10.2. The van der Waals surface area contributed by atoms with Crippen LogP contribution in [0.25, 0.3) is 0 Å². The molecule has 0 aromatic carbocycles. The molecule has 0 aliphatic carbocycles. The third-order valence-corrected chi connectivity index (χ3v) is 4.39. The molecule has 0 aliphatic rings. The second kappa shape index (κ2) is 16.5. The first-order chi connectivity index (χ1) is 11.9. The highest BCUT2D eigenvalue weighted by atomic mass is 14.9. The lowest BCUT2D eigenvalue weighted by Crippen LogP contribution is -2.32. The molecular weight excluding hydrogens is 290 g/mol. The van der Waals surface area contributed by atoms with E-state index in [0.717, 1.165) is 13.0 Å². The summed E-state index contributed by atoms with van der Waals surface area (Å²) in [5, 5.41) is 0. The molecule has 0 radical (unpaired) electrons. The fraction of sp³-hybridized carbons (Fsp3) is 0.609. The average molecular weight is 329 g/mol. The van der Waals surface area contributed by atoms with E-state index in [0.29, 0.717) is 0 Å². The predicted octanol–water partition coefficient (Wildman–Crippen LogP) is 6.79. The molecule has 0 fully saturated rings. The zero-order chi connectivity index (χ0) is 17.1. The van der Waals surface area contributed by atoms with Crippen molar-refractivity contribution >= 4 is 0 Å². The Hall–Kier alpha value is -1.37. The van der Waals surface area contributed by atoms with Crippen LogP contribution in [0.3, 0.4) is 0 Å². The van der Waals surface area contributed by atoms with Crippen molar-refractivity contribution in [2.75, 3.05) is 0 Å². The van der Waals surface area contributed by atoms with Gasteiger partial charge in [0, 0.05) is 18.6 Å². The molecule has 0 aliphatic heterocycles. The van der Waals surface area contributed by atoms with E-state index < -0.39 is 0 Å². The number of allylic oxidation sites excluding steroid dienone is 4. The Morgan fingerprint density at radius 3 is 1.88 bits per heavy atom. The lowest BCUT2D eigenvalue weighted by Gasteiger charge is -1.99. The number of nitrogens with zero attached hydrogens (tertiary/aromatic N) is 1. The van der Waals surface area contributed by atoms with E-state index in [4.69, 9.17) is 0 Å². The van der Waals surface area contributed by atoms with Gasteiger partial charge in [0.1, 0.15) is 6.54 Å². The van der Waals surface area contributed by atoms with Crippen LogP contribution < -0.4 is 4.57 Å². The van der Waals surface area contributed by atoms with Crippen LogP contribution in [0, 0.1) is 0 Å². The fourth-order valence-corrected chi connectivity index (χ4v) is 2.87. The van der Waals surface area contributed by atoms with Crippen molar-refractivity contribution in [3.63, 3.8) is 0 Å². The van der Waals surface area contributed by atoms with Crippen molar-refractivity contribution in [2.24, 2.45) is 0 Å². The summed E-state index contributed by atoms with van der Waals surface area (Å²) in [6, 6.07) is 6.29. The third kappa shape index (κ3) is 13.1. The summed E-state index contributed by atoms with van der Waals surface area (Å²) < 4.78 is 2.28. The average Bonchev–Trinajstić information content (AvgIpc) is 2.62. The molecule has 1 aromatic heterocycles. The predicted molar refractivity (Wildman–Crippen MR) is 106 cm³/mol. The minimum atomic E-state index is 1.11. The van der Waals surface area contributed by atoms with Crippen LogP contribution in [0.5, 0.6) is 0 Å². The summed E-state index contributed by atoms with van der Waals surface area (Å²) in [4.78, 5) is 0. The van der Waals surface area contributed by atoms with E-state index in [1.54, 1.807) is 0 Å². The molecule has 134 valence electrons. The number of unbranched alkanes of at least 4 members (excludes halogenated alkanes) is 9. The van der Waals surface area contributed by atoms with E-state index in [1.807, 2.05) is 0 Å². The van der Waals surface area contributed by atoms with Crippen molar-refractivity contribution in [1.82, 2.24) is 0 Å². The molecule has 1 heteroatoms. The van der Waals surface area contributed by atoms with Crippen molar-refractivity contribution in [3.05, 3.63) is 54.9 Å². The number of aromatic nitrogens is 1. The molecule has 1 nitrogen and oxygen atoms in total. The van der Waals surface area contributed by atoms with Crippen LogP contribution in [-0.2, 0) is 6.54 Å². The molecule has 1 rings (SSSR count).